The molecule has 1 heterocycles. The highest BCUT2D eigenvalue weighted by Gasteiger charge is 2.11. The van der Waals surface area contributed by atoms with Crippen LogP contribution in [0.2, 0.25) is 0 Å². The highest BCUT2D eigenvalue weighted by molar-refractivity contribution is 5.58. The molecule has 2 N–H and O–H groups in total. The third-order valence-corrected chi connectivity index (χ3v) is 2.08. The number of phenols is 2. The van der Waals surface area contributed by atoms with E-state index in [1.165, 1.54) is 18.2 Å². The lowest BCUT2D eigenvalue weighted by Crippen LogP contribution is -2.11. The van der Waals surface area contributed by atoms with Gasteiger partial charge in [0.25, 0.3) is 5.89 Å². The molecule has 0 atom stereocenters. The summed E-state index contributed by atoms with van der Waals surface area (Å²) in [7, 11) is 3.80. The van der Waals surface area contributed by atoms with Gasteiger partial charge in [0.1, 0.15) is 11.5 Å². The van der Waals surface area contributed by atoms with E-state index in [1.807, 2.05) is 19.0 Å². The Morgan fingerprint density at radius 1 is 1.18 bits per heavy atom. The average molecular weight is 235 g/mol. The fraction of sp³-hybridized carbons (Fsp3) is 0.273. The van der Waals surface area contributed by atoms with Crippen LogP contribution < -0.4 is 0 Å². The quantitative estimate of drug-likeness (QED) is 0.832. The highest BCUT2D eigenvalue weighted by atomic mass is 16.5. The van der Waals surface area contributed by atoms with Gasteiger partial charge in [0.05, 0.1) is 6.54 Å². The van der Waals surface area contributed by atoms with Crippen molar-refractivity contribution in [2.45, 2.75) is 6.54 Å². The Hall–Kier alpha value is -2.08. The number of hydrogen-bond acceptors (Lipinski definition) is 6. The van der Waals surface area contributed by atoms with Crippen molar-refractivity contribution in [2.24, 2.45) is 0 Å². The normalized spacial score (nSPS) is 11.0. The fourth-order valence-electron chi connectivity index (χ4n) is 1.44. The Kier molecular flexibility index (Phi) is 2.97. The Balaban J connectivity index is 2.30. The third kappa shape index (κ3) is 2.73. The highest BCUT2D eigenvalue weighted by Crippen LogP contribution is 2.27. The number of aromatic nitrogens is 2. The monoisotopic (exact) mass is 235 g/mol. The first kappa shape index (κ1) is 11.4. The standard InChI is InChI=1S/C11H13N3O3/c1-14(2)6-10-12-11(17-13-10)7-3-8(15)5-9(16)4-7/h3-5,15-16H,6H2,1-2H3. The van der Waals surface area contributed by atoms with Crippen molar-refractivity contribution in [2.75, 3.05) is 14.1 Å². The van der Waals surface area contributed by atoms with Crippen molar-refractivity contribution in [1.82, 2.24) is 15.0 Å². The smallest absolute Gasteiger partial charge is 0.258 e. The second kappa shape index (κ2) is 4.42. The molecule has 2 aromatic rings. The van der Waals surface area contributed by atoms with E-state index in [4.69, 9.17) is 4.52 Å². The van der Waals surface area contributed by atoms with Crippen LogP contribution in [-0.2, 0) is 6.54 Å². The Bertz CT molecular complexity index is 502. The van der Waals surface area contributed by atoms with Crippen LogP contribution in [0.4, 0.5) is 0 Å². The summed E-state index contributed by atoms with van der Waals surface area (Å²) < 4.78 is 5.05. The Labute approximate surface area is 98.1 Å². The molecule has 0 aliphatic heterocycles. The molecular formula is C11H13N3O3. The molecule has 0 saturated heterocycles. The van der Waals surface area contributed by atoms with Gasteiger partial charge in [0.15, 0.2) is 5.82 Å². The van der Waals surface area contributed by atoms with Crippen LogP contribution in [0, 0.1) is 0 Å². The van der Waals surface area contributed by atoms with Gasteiger partial charge in [0.2, 0.25) is 0 Å². The molecule has 0 aliphatic rings. The van der Waals surface area contributed by atoms with Crippen LogP contribution in [0.1, 0.15) is 5.82 Å². The van der Waals surface area contributed by atoms with Crippen molar-refractivity contribution in [3.8, 4) is 23.0 Å². The zero-order valence-electron chi connectivity index (χ0n) is 9.58. The molecular weight excluding hydrogens is 222 g/mol. The van der Waals surface area contributed by atoms with Gasteiger partial charge in [-0.25, -0.2) is 0 Å². The van der Waals surface area contributed by atoms with Gasteiger partial charge in [-0.2, -0.15) is 4.98 Å². The van der Waals surface area contributed by atoms with Gasteiger partial charge < -0.3 is 19.6 Å². The summed E-state index contributed by atoms with van der Waals surface area (Å²) in [5.74, 6) is 0.723. The maximum absolute atomic E-state index is 9.35. The zero-order chi connectivity index (χ0) is 12.4. The number of aromatic hydroxyl groups is 2. The van der Waals surface area contributed by atoms with E-state index in [1.54, 1.807) is 0 Å². The molecule has 2 rings (SSSR count). The van der Waals surface area contributed by atoms with E-state index in [0.29, 0.717) is 17.9 Å². The van der Waals surface area contributed by atoms with Gasteiger partial charge >= 0.3 is 0 Å². The number of nitrogens with zero attached hydrogens (tertiary/aromatic N) is 3. The van der Waals surface area contributed by atoms with E-state index in [0.717, 1.165) is 0 Å². The summed E-state index contributed by atoms with van der Waals surface area (Å²) in [4.78, 5) is 6.07. The van der Waals surface area contributed by atoms with Gasteiger partial charge in [0, 0.05) is 11.6 Å². The molecule has 6 heteroatoms. The molecule has 1 aromatic carbocycles. The lowest BCUT2D eigenvalue weighted by atomic mass is 10.2. The van der Waals surface area contributed by atoms with Gasteiger partial charge in [-0.15, -0.1) is 0 Å². The van der Waals surface area contributed by atoms with Crippen molar-refractivity contribution in [3.05, 3.63) is 24.0 Å². The molecule has 17 heavy (non-hydrogen) atoms. The maximum Gasteiger partial charge on any atom is 0.258 e. The van der Waals surface area contributed by atoms with Crippen LogP contribution in [0.3, 0.4) is 0 Å². The summed E-state index contributed by atoms with van der Waals surface area (Å²) in [6.45, 7) is 0.564. The van der Waals surface area contributed by atoms with Crippen LogP contribution in [0.15, 0.2) is 22.7 Å². The third-order valence-electron chi connectivity index (χ3n) is 2.08. The summed E-state index contributed by atoms with van der Waals surface area (Å²) >= 11 is 0. The predicted molar refractivity (Wildman–Crippen MR) is 60.5 cm³/mol. The number of hydrogen-bond donors (Lipinski definition) is 2. The summed E-state index contributed by atoms with van der Waals surface area (Å²) in [5.41, 5.74) is 0.486. The summed E-state index contributed by atoms with van der Waals surface area (Å²) in [6.07, 6.45) is 0. The van der Waals surface area contributed by atoms with Gasteiger partial charge in [-0.3, -0.25) is 0 Å². The first-order valence-electron chi connectivity index (χ1n) is 5.05. The van der Waals surface area contributed by atoms with Gasteiger partial charge in [-0.05, 0) is 26.2 Å². The fourth-order valence-corrected chi connectivity index (χ4v) is 1.44. The van der Waals surface area contributed by atoms with Crippen molar-refractivity contribution >= 4 is 0 Å². The van der Waals surface area contributed by atoms with Crippen molar-refractivity contribution in [1.29, 1.82) is 0 Å². The number of phenolic OH excluding ortho intramolecular Hbond substituents is 2. The molecule has 0 saturated carbocycles. The average Bonchev–Trinajstić information content (AvgIpc) is 2.63. The molecule has 0 unspecified atom stereocenters. The zero-order valence-corrected chi connectivity index (χ0v) is 9.58. The van der Waals surface area contributed by atoms with E-state index in [2.05, 4.69) is 10.1 Å². The SMILES string of the molecule is CN(C)Cc1noc(-c2cc(O)cc(O)c2)n1. The van der Waals surface area contributed by atoms with Crippen LogP contribution in [0.25, 0.3) is 11.5 Å². The molecule has 1 aromatic heterocycles. The molecule has 6 nitrogen and oxygen atoms in total. The number of benzene rings is 1. The molecule has 90 valence electrons. The minimum atomic E-state index is -0.0487. The van der Waals surface area contributed by atoms with E-state index >= 15 is 0 Å². The molecule has 0 radical (unpaired) electrons. The first-order chi connectivity index (χ1) is 8.04. The Morgan fingerprint density at radius 2 is 1.82 bits per heavy atom. The van der Waals surface area contributed by atoms with Crippen LogP contribution in [-0.4, -0.2) is 39.3 Å². The molecule has 0 amide bonds. The van der Waals surface area contributed by atoms with E-state index in [-0.39, 0.29) is 17.4 Å². The molecule has 0 fully saturated rings. The van der Waals surface area contributed by atoms with Crippen LogP contribution >= 0.6 is 0 Å². The van der Waals surface area contributed by atoms with Crippen LogP contribution in [0.5, 0.6) is 11.5 Å². The van der Waals surface area contributed by atoms with Crippen molar-refractivity contribution in [3.63, 3.8) is 0 Å². The predicted octanol–water partition coefficient (Wildman–Crippen LogP) is 1.21. The topological polar surface area (TPSA) is 82.6 Å². The lowest BCUT2D eigenvalue weighted by molar-refractivity contribution is 0.365. The first-order valence-corrected chi connectivity index (χ1v) is 5.05. The Morgan fingerprint density at radius 3 is 2.41 bits per heavy atom. The number of rotatable bonds is 3. The summed E-state index contributed by atoms with van der Waals surface area (Å²) in [5, 5.41) is 22.5. The molecule has 0 spiro atoms. The van der Waals surface area contributed by atoms with E-state index in [9.17, 15) is 10.2 Å². The minimum Gasteiger partial charge on any atom is -0.508 e. The second-order valence-corrected chi connectivity index (χ2v) is 3.99. The molecule has 0 aliphatic carbocycles. The lowest BCUT2D eigenvalue weighted by Gasteiger charge is -2.03. The largest absolute Gasteiger partial charge is 0.508 e. The van der Waals surface area contributed by atoms with Gasteiger partial charge in [-0.1, -0.05) is 5.16 Å². The maximum atomic E-state index is 9.35. The molecule has 0 bridgehead atoms. The summed E-state index contributed by atoms with van der Waals surface area (Å²) in [6, 6.07) is 4.14. The second-order valence-electron chi connectivity index (χ2n) is 3.99. The minimum absolute atomic E-state index is 0.0487. The van der Waals surface area contributed by atoms with Crippen molar-refractivity contribution < 1.29 is 14.7 Å². The van der Waals surface area contributed by atoms with E-state index < -0.39 is 0 Å².